The lowest BCUT2D eigenvalue weighted by molar-refractivity contribution is 0.126. The summed E-state index contributed by atoms with van der Waals surface area (Å²) < 4.78 is 19.3. The zero-order chi connectivity index (χ0) is 27.8. The largest absolute Gasteiger partial charge is 0.493 e. The molecule has 9 nitrogen and oxygen atoms in total. The SMILES string of the molecule is COc1ccc([C@@H]2c3c(ccc4ccccc34)Oc3ncn4nc(CO/N=C\c5ccccc5)nc4c32)cc1OC. The Bertz CT molecular complexity index is 1920. The smallest absolute Gasteiger partial charge is 0.228 e. The van der Waals surface area contributed by atoms with Crippen molar-refractivity contribution in [2.75, 3.05) is 14.2 Å². The van der Waals surface area contributed by atoms with E-state index in [1.165, 1.54) is 0 Å². The van der Waals surface area contributed by atoms with Crippen LogP contribution in [0.4, 0.5) is 0 Å². The van der Waals surface area contributed by atoms with Gasteiger partial charge in [-0.1, -0.05) is 71.9 Å². The quantitative estimate of drug-likeness (QED) is 0.176. The fourth-order valence-corrected chi connectivity index (χ4v) is 5.31. The molecule has 0 spiro atoms. The van der Waals surface area contributed by atoms with Crippen molar-refractivity contribution < 1.29 is 19.0 Å². The number of aromatic nitrogens is 4. The first-order chi connectivity index (χ1) is 20.2. The number of ether oxygens (including phenoxy) is 3. The summed E-state index contributed by atoms with van der Waals surface area (Å²) >= 11 is 0. The maximum Gasteiger partial charge on any atom is 0.228 e. The molecular formula is C32H25N5O4. The molecule has 2 aromatic heterocycles. The Morgan fingerprint density at radius 1 is 0.902 bits per heavy atom. The van der Waals surface area contributed by atoms with Gasteiger partial charge in [0.1, 0.15) is 12.1 Å². The summed E-state index contributed by atoms with van der Waals surface area (Å²) in [6.45, 7) is 0.0984. The molecule has 3 heterocycles. The van der Waals surface area contributed by atoms with Crippen LogP contribution in [0.2, 0.25) is 0 Å². The van der Waals surface area contributed by atoms with E-state index in [9.17, 15) is 0 Å². The van der Waals surface area contributed by atoms with Crippen molar-refractivity contribution in [2.24, 2.45) is 5.16 Å². The number of nitrogens with zero attached hydrogens (tertiary/aromatic N) is 5. The number of oxime groups is 1. The van der Waals surface area contributed by atoms with E-state index in [1.54, 1.807) is 31.3 Å². The molecule has 0 radical (unpaired) electrons. The van der Waals surface area contributed by atoms with Crippen LogP contribution in [0.25, 0.3) is 16.4 Å². The molecule has 0 unspecified atom stereocenters. The summed E-state index contributed by atoms with van der Waals surface area (Å²) in [5, 5.41) is 10.9. The molecule has 7 rings (SSSR count). The lowest BCUT2D eigenvalue weighted by atomic mass is 9.81. The van der Waals surface area contributed by atoms with Crippen LogP contribution in [0.15, 0.2) is 96.4 Å². The van der Waals surface area contributed by atoms with Crippen molar-refractivity contribution in [3.8, 4) is 23.1 Å². The monoisotopic (exact) mass is 543 g/mol. The van der Waals surface area contributed by atoms with Crippen LogP contribution >= 0.6 is 0 Å². The third-order valence-electron chi connectivity index (χ3n) is 7.16. The Kier molecular flexibility index (Phi) is 6.16. The first kappa shape index (κ1) is 24.6. The third-order valence-corrected chi connectivity index (χ3v) is 7.16. The second-order valence-corrected chi connectivity index (χ2v) is 9.53. The topological polar surface area (TPSA) is 92.4 Å². The van der Waals surface area contributed by atoms with Gasteiger partial charge in [0.05, 0.1) is 26.0 Å². The number of fused-ring (bicyclic) bond motifs is 6. The van der Waals surface area contributed by atoms with E-state index >= 15 is 0 Å². The van der Waals surface area contributed by atoms with Crippen molar-refractivity contribution >= 4 is 22.6 Å². The average Bonchev–Trinajstić information content (AvgIpc) is 3.45. The molecule has 41 heavy (non-hydrogen) atoms. The van der Waals surface area contributed by atoms with Crippen LogP contribution in [0.5, 0.6) is 23.1 Å². The molecular weight excluding hydrogens is 518 g/mol. The second kappa shape index (κ2) is 10.3. The van der Waals surface area contributed by atoms with Crippen molar-refractivity contribution in [3.05, 3.63) is 119 Å². The third kappa shape index (κ3) is 4.37. The standard InChI is InChI=1S/C32H25N5O4/c1-38-24-14-13-22(16-26(24)39-2)28-29-23-11-7-6-10-21(23)12-15-25(29)41-32-30(28)31-35-27(36-37(31)19-33-32)18-40-34-17-20-8-4-3-5-9-20/h3-17,19,28H,18H2,1-2H3/b34-17-/t28-/m1/s1. The molecule has 1 atom stereocenters. The molecule has 0 saturated carbocycles. The first-order valence-electron chi connectivity index (χ1n) is 13.1. The lowest BCUT2D eigenvalue weighted by Crippen LogP contribution is -2.15. The Morgan fingerprint density at radius 3 is 2.59 bits per heavy atom. The number of methoxy groups -OCH3 is 2. The van der Waals surface area contributed by atoms with Gasteiger partial charge in [-0.05, 0) is 40.1 Å². The minimum atomic E-state index is -0.273. The fraction of sp³-hybridized carbons (Fsp3) is 0.125. The summed E-state index contributed by atoms with van der Waals surface area (Å²) in [4.78, 5) is 15.0. The average molecular weight is 544 g/mol. The molecule has 1 aliphatic heterocycles. The van der Waals surface area contributed by atoms with Crippen molar-refractivity contribution in [1.29, 1.82) is 0 Å². The second-order valence-electron chi connectivity index (χ2n) is 9.53. The highest BCUT2D eigenvalue weighted by molar-refractivity contribution is 5.91. The Morgan fingerprint density at radius 2 is 1.73 bits per heavy atom. The molecule has 4 aromatic carbocycles. The van der Waals surface area contributed by atoms with E-state index in [2.05, 4.69) is 33.4 Å². The van der Waals surface area contributed by atoms with E-state index < -0.39 is 0 Å². The minimum Gasteiger partial charge on any atom is -0.493 e. The maximum absolute atomic E-state index is 6.40. The zero-order valence-electron chi connectivity index (χ0n) is 22.4. The van der Waals surface area contributed by atoms with Crippen LogP contribution < -0.4 is 14.2 Å². The van der Waals surface area contributed by atoms with Gasteiger partial charge in [0.2, 0.25) is 5.88 Å². The lowest BCUT2D eigenvalue weighted by Gasteiger charge is -2.29. The maximum atomic E-state index is 6.40. The van der Waals surface area contributed by atoms with E-state index in [1.807, 2.05) is 66.7 Å². The molecule has 202 valence electrons. The van der Waals surface area contributed by atoms with Crippen LogP contribution in [-0.4, -0.2) is 40.0 Å². The van der Waals surface area contributed by atoms with Gasteiger partial charge < -0.3 is 19.0 Å². The van der Waals surface area contributed by atoms with Gasteiger partial charge in [0.15, 0.2) is 29.6 Å². The van der Waals surface area contributed by atoms with Crippen LogP contribution in [0.1, 0.15) is 34.0 Å². The van der Waals surface area contributed by atoms with Gasteiger partial charge in [-0.25, -0.2) is 14.5 Å². The van der Waals surface area contributed by atoms with E-state index in [-0.39, 0.29) is 12.5 Å². The molecule has 1 aliphatic rings. The normalized spacial score (nSPS) is 14.0. The van der Waals surface area contributed by atoms with E-state index in [0.29, 0.717) is 28.9 Å². The Labute approximate surface area is 235 Å². The predicted octanol–water partition coefficient (Wildman–Crippen LogP) is 6.13. The summed E-state index contributed by atoms with van der Waals surface area (Å²) in [6.07, 6.45) is 3.26. The van der Waals surface area contributed by atoms with Crippen molar-refractivity contribution in [3.63, 3.8) is 0 Å². The van der Waals surface area contributed by atoms with Gasteiger partial charge in [-0.3, -0.25) is 0 Å². The molecule has 9 heteroatoms. The number of benzene rings is 4. The molecule has 0 amide bonds. The van der Waals surface area contributed by atoms with Crippen LogP contribution in [0.3, 0.4) is 0 Å². The van der Waals surface area contributed by atoms with Crippen molar-refractivity contribution in [2.45, 2.75) is 12.5 Å². The van der Waals surface area contributed by atoms with Gasteiger partial charge in [0.25, 0.3) is 0 Å². The molecule has 0 N–H and O–H groups in total. The molecule has 0 fully saturated rings. The van der Waals surface area contributed by atoms with E-state index in [4.69, 9.17) is 24.0 Å². The summed E-state index contributed by atoms with van der Waals surface area (Å²) in [6, 6.07) is 28.0. The fourth-order valence-electron chi connectivity index (χ4n) is 5.31. The number of rotatable bonds is 7. The van der Waals surface area contributed by atoms with Crippen molar-refractivity contribution in [1.82, 2.24) is 19.6 Å². The highest BCUT2D eigenvalue weighted by Gasteiger charge is 2.35. The Hall–Kier alpha value is -5.44. The molecule has 6 aromatic rings. The van der Waals surface area contributed by atoms with Crippen LogP contribution in [-0.2, 0) is 11.4 Å². The van der Waals surface area contributed by atoms with Gasteiger partial charge in [-0.2, -0.15) is 0 Å². The highest BCUT2D eigenvalue weighted by atomic mass is 16.6. The summed E-state index contributed by atoms with van der Waals surface area (Å²) in [5.41, 5.74) is 4.36. The Balaban J connectivity index is 1.36. The number of hydrogen-bond donors (Lipinski definition) is 0. The summed E-state index contributed by atoms with van der Waals surface area (Å²) in [7, 11) is 3.26. The van der Waals surface area contributed by atoms with Crippen LogP contribution in [0, 0.1) is 0 Å². The van der Waals surface area contributed by atoms with Gasteiger partial charge in [0, 0.05) is 11.5 Å². The van der Waals surface area contributed by atoms with Gasteiger partial charge >= 0.3 is 0 Å². The highest BCUT2D eigenvalue weighted by Crippen LogP contribution is 2.51. The van der Waals surface area contributed by atoms with Gasteiger partial charge in [-0.15, -0.1) is 5.10 Å². The molecule has 0 bridgehead atoms. The molecule has 0 aliphatic carbocycles. The number of hydrogen-bond acceptors (Lipinski definition) is 8. The minimum absolute atomic E-state index is 0.0984. The predicted molar refractivity (Wildman–Crippen MR) is 154 cm³/mol. The molecule has 0 saturated heterocycles. The zero-order valence-corrected chi connectivity index (χ0v) is 22.4. The first-order valence-corrected chi connectivity index (χ1v) is 13.1. The van der Waals surface area contributed by atoms with E-state index in [0.717, 1.165) is 38.8 Å². The summed E-state index contributed by atoms with van der Waals surface area (Å²) in [5.74, 6) is 2.70.